The Morgan fingerprint density at radius 3 is 1.61 bits per heavy atom. The third-order valence-electron chi connectivity index (χ3n) is 10.7. The van der Waals surface area contributed by atoms with Crippen molar-refractivity contribution in [2.24, 2.45) is 0 Å². The van der Waals surface area contributed by atoms with Crippen LogP contribution in [0.4, 0.5) is 0 Å². The van der Waals surface area contributed by atoms with E-state index in [0.29, 0.717) is 38.5 Å². The smallest absolute Gasteiger partial charge is 0.330 e. The largest absolute Gasteiger partial charge is 0.466 e. The van der Waals surface area contributed by atoms with Crippen LogP contribution in [0.5, 0.6) is 0 Å². The molecule has 0 aliphatic heterocycles. The Kier molecular flexibility index (Phi) is 40.3. The summed E-state index contributed by atoms with van der Waals surface area (Å²) in [6.07, 6.45) is 25.7. The Morgan fingerprint density at radius 2 is 1.00 bits per heavy atom. The summed E-state index contributed by atoms with van der Waals surface area (Å²) in [6.45, 7) is 11.1. The van der Waals surface area contributed by atoms with Gasteiger partial charge in [0, 0.05) is 31.8 Å². The molecule has 0 aromatic heterocycles. The number of hydrogen-bond donors (Lipinski definition) is 2. The summed E-state index contributed by atoms with van der Waals surface area (Å²) in [6, 6.07) is 0. The summed E-state index contributed by atoms with van der Waals surface area (Å²) < 4.78 is 27.4. The predicted octanol–water partition coefficient (Wildman–Crippen LogP) is 9.97. The summed E-state index contributed by atoms with van der Waals surface area (Å²) in [4.78, 5) is 59.9. The van der Waals surface area contributed by atoms with E-state index in [9.17, 15) is 34.2 Å². The number of aliphatic hydroxyl groups excluding tert-OH is 2. The molecule has 0 saturated carbocycles. The van der Waals surface area contributed by atoms with Crippen molar-refractivity contribution >= 4 is 29.5 Å². The second kappa shape index (κ2) is 42.4. The van der Waals surface area contributed by atoms with E-state index in [2.05, 4.69) is 20.1 Å². The number of esters is 3. The lowest BCUT2D eigenvalue weighted by Crippen LogP contribution is -2.27. The first-order valence-corrected chi connectivity index (χ1v) is 23.9. The topological polar surface area (TPSA) is 172 Å². The van der Waals surface area contributed by atoms with Crippen LogP contribution in [0.3, 0.4) is 0 Å². The molecule has 0 aromatic rings. The lowest BCUT2D eigenvalue weighted by Gasteiger charge is -2.20. The standard InChI is InChI=1S/C49H86O12/c1-5-9-11-23-28-42(51)36-45(58-37-41(50)7-3)31-26-21-17-13-12-15-19-24-29-43(52)38-59-46(40-61-49(56)32-10-6-2)34-35-57-48(55)33-27-22-18-14-16-20-25-30-44(53)39-60-47(54)8-4/h7-8,42,44-46,51,53H,3-6,9-40H2,1-2H3. The van der Waals surface area contributed by atoms with E-state index in [1.54, 1.807) is 0 Å². The first-order chi connectivity index (χ1) is 29.5. The highest BCUT2D eigenvalue weighted by Crippen LogP contribution is 2.18. The molecule has 0 fully saturated rings. The quantitative estimate of drug-likeness (QED) is 0.0257. The van der Waals surface area contributed by atoms with Crippen LogP contribution in [-0.2, 0) is 47.7 Å². The summed E-state index contributed by atoms with van der Waals surface area (Å²) in [5.41, 5.74) is 0. The first kappa shape index (κ1) is 58.1. The Bertz CT molecular complexity index is 1140. The van der Waals surface area contributed by atoms with Crippen molar-refractivity contribution in [1.29, 1.82) is 0 Å². The third-order valence-corrected chi connectivity index (χ3v) is 10.7. The van der Waals surface area contributed by atoms with Gasteiger partial charge in [-0.3, -0.25) is 19.2 Å². The molecule has 4 unspecified atom stereocenters. The van der Waals surface area contributed by atoms with Gasteiger partial charge in [0.2, 0.25) is 0 Å². The van der Waals surface area contributed by atoms with Crippen molar-refractivity contribution in [1.82, 2.24) is 0 Å². The second-order valence-corrected chi connectivity index (χ2v) is 16.5. The van der Waals surface area contributed by atoms with Gasteiger partial charge in [-0.05, 0) is 51.0 Å². The van der Waals surface area contributed by atoms with E-state index in [1.807, 2.05) is 6.92 Å². The monoisotopic (exact) mass is 867 g/mol. The molecular formula is C49H86O12. The third kappa shape index (κ3) is 39.6. The zero-order valence-electron chi connectivity index (χ0n) is 38.4. The minimum atomic E-state index is -0.659. The average Bonchev–Trinajstić information content (AvgIpc) is 3.25. The van der Waals surface area contributed by atoms with Gasteiger partial charge in [0.05, 0.1) is 31.0 Å². The molecule has 0 heterocycles. The number of Topliss-reactive ketones (excluding diaryl/α,β-unsaturated/α-hetero) is 1. The molecule has 0 amide bonds. The summed E-state index contributed by atoms with van der Waals surface area (Å²) in [7, 11) is 0. The van der Waals surface area contributed by atoms with Gasteiger partial charge in [0.25, 0.3) is 0 Å². The number of rotatable bonds is 46. The van der Waals surface area contributed by atoms with Crippen molar-refractivity contribution in [2.75, 3.05) is 33.0 Å². The van der Waals surface area contributed by atoms with Gasteiger partial charge in [-0.25, -0.2) is 4.79 Å². The lowest BCUT2D eigenvalue weighted by molar-refractivity contribution is -0.152. The molecule has 61 heavy (non-hydrogen) atoms. The summed E-state index contributed by atoms with van der Waals surface area (Å²) in [5, 5.41) is 20.4. The predicted molar refractivity (Wildman–Crippen MR) is 240 cm³/mol. The maximum atomic E-state index is 12.6. The molecular weight excluding hydrogens is 781 g/mol. The molecule has 0 aliphatic carbocycles. The van der Waals surface area contributed by atoms with Gasteiger partial charge in [-0.2, -0.15) is 0 Å². The maximum Gasteiger partial charge on any atom is 0.330 e. The zero-order valence-corrected chi connectivity index (χ0v) is 38.4. The van der Waals surface area contributed by atoms with Crippen LogP contribution in [0, 0.1) is 0 Å². The molecule has 0 aliphatic rings. The van der Waals surface area contributed by atoms with E-state index in [4.69, 9.17) is 23.7 Å². The average molecular weight is 867 g/mol. The summed E-state index contributed by atoms with van der Waals surface area (Å²) in [5.74, 6) is -1.26. The van der Waals surface area contributed by atoms with Gasteiger partial charge >= 0.3 is 17.9 Å². The van der Waals surface area contributed by atoms with E-state index in [0.717, 1.165) is 147 Å². The molecule has 12 nitrogen and oxygen atoms in total. The molecule has 4 atom stereocenters. The van der Waals surface area contributed by atoms with Crippen LogP contribution in [0.15, 0.2) is 25.3 Å². The number of unbranched alkanes of at least 4 members (excludes halogenated alkanes) is 17. The van der Waals surface area contributed by atoms with Gasteiger partial charge in [-0.1, -0.05) is 143 Å². The van der Waals surface area contributed by atoms with E-state index >= 15 is 0 Å². The Hall–Kier alpha value is -2.93. The second-order valence-electron chi connectivity index (χ2n) is 16.5. The fourth-order valence-electron chi connectivity index (χ4n) is 6.82. The number of aliphatic hydroxyl groups is 2. The Labute approximate surface area is 369 Å². The minimum absolute atomic E-state index is 0.001000. The van der Waals surface area contributed by atoms with Gasteiger partial charge in [0.1, 0.15) is 26.4 Å². The van der Waals surface area contributed by atoms with Gasteiger partial charge < -0.3 is 33.9 Å². The molecule has 354 valence electrons. The van der Waals surface area contributed by atoms with Crippen LogP contribution >= 0.6 is 0 Å². The first-order valence-electron chi connectivity index (χ1n) is 23.9. The van der Waals surface area contributed by atoms with E-state index in [1.165, 1.54) is 12.5 Å². The normalized spacial score (nSPS) is 13.2. The Morgan fingerprint density at radius 1 is 0.492 bits per heavy atom. The molecule has 0 rings (SSSR count). The maximum absolute atomic E-state index is 12.6. The fourth-order valence-corrected chi connectivity index (χ4v) is 6.82. The highest BCUT2D eigenvalue weighted by Gasteiger charge is 2.18. The number of carbonyl (C=O) groups excluding carboxylic acids is 5. The van der Waals surface area contributed by atoms with Crippen LogP contribution < -0.4 is 0 Å². The lowest BCUT2D eigenvalue weighted by atomic mass is 9.99. The molecule has 2 N–H and O–H groups in total. The highest BCUT2D eigenvalue weighted by molar-refractivity contribution is 5.90. The molecule has 0 saturated heterocycles. The fraction of sp³-hybridized carbons (Fsp3) is 0.816. The van der Waals surface area contributed by atoms with Crippen LogP contribution in [0.25, 0.3) is 0 Å². The van der Waals surface area contributed by atoms with Crippen LogP contribution in [0.1, 0.15) is 200 Å². The number of ether oxygens (including phenoxy) is 5. The van der Waals surface area contributed by atoms with Crippen molar-refractivity contribution < 1.29 is 57.9 Å². The number of ketones is 2. The van der Waals surface area contributed by atoms with E-state index in [-0.39, 0.29) is 62.6 Å². The molecule has 0 aromatic carbocycles. The van der Waals surface area contributed by atoms with Gasteiger partial charge in [-0.15, -0.1) is 0 Å². The molecule has 0 bridgehead atoms. The van der Waals surface area contributed by atoms with Gasteiger partial charge in [0.15, 0.2) is 11.6 Å². The highest BCUT2D eigenvalue weighted by atomic mass is 16.6. The molecule has 12 heteroatoms. The SMILES string of the molecule is C=CC(=O)COC(CCCCCCCCCCC(=O)COC(CCOC(=O)CCCCCCCCCC(O)COC(=O)C=C)COC(=O)CCCC)CC(O)CCCCCC. The van der Waals surface area contributed by atoms with E-state index < -0.39 is 24.3 Å². The zero-order chi connectivity index (χ0) is 45.2. The number of carbonyl (C=O) groups is 5. The summed E-state index contributed by atoms with van der Waals surface area (Å²) >= 11 is 0. The van der Waals surface area contributed by atoms with Crippen molar-refractivity contribution in [2.45, 2.75) is 224 Å². The van der Waals surface area contributed by atoms with Crippen molar-refractivity contribution in [3.63, 3.8) is 0 Å². The molecule has 0 radical (unpaired) electrons. The van der Waals surface area contributed by atoms with Crippen molar-refractivity contribution in [3.8, 4) is 0 Å². The Balaban J connectivity index is 4.28. The minimum Gasteiger partial charge on any atom is -0.466 e. The van der Waals surface area contributed by atoms with Crippen LogP contribution in [0.2, 0.25) is 0 Å². The van der Waals surface area contributed by atoms with Crippen molar-refractivity contribution in [3.05, 3.63) is 25.3 Å². The number of hydrogen-bond acceptors (Lipinski definition) is 12. The molecule has 0 spiro atoms. The van der Waals surface area contributed by atoms with Crippen LogP contribution in [-0.4, -0.2) is 97.1 Å².